The Morgan fingerprint density at radius 2 is 1.83 bits per heavy atom. The topological polar surface area (TPSA) is 67.4 Å². The number of nitrogens with one attached hydrogen (secondary N) is 2. The van der Waals surface area contributed by atoms with Crippen LogP contribution >= 0.6 is 12.2 Å². The third-order valence-corrected chi connectivity index (χ3v) is 4.83. The molecule has 1 aliphatic heterocycles. The highest BCUT2D eigenvalue weighted by Crippen LogP contribution is 2.34. The second-order valence-electron chi connectivity index (χ2n) is 6.63. The van der Waals surface area contributed by atoms with Gasteiger partial charge in [-0.15, -0.1) is 0 Å². The van der Waals surface area contributed by atoms with E-state index in [1.165, 1.54) is 6.07 Å². The van der Waals surface area contributed by atoms with Crippen LogP contribution in [0.4, 0.5) is 8.78 Å². The van der Waals surface area contributed by atoms with Gasteiger partial charge in [0.05, 0.1) is 24.4 Å². The Kier molecular flexibility index (Phi) is 5.74. The smallest absolute Gasteiger partial charge is 0.379 e. The van der Waals surface area contributed by atoms with Gasteiger partial charge in [0.15, 0.2) is 5.11 Å². The summed E-state index contributed by atoms with van der Waals surface area (Å²) in [6.45, 7) is 3.76. The number of ketones is 1. The number of methoxy groups -OCH3 is 1. The number of thiocarbonyl (C=S) groups is 1. The van der Waals surface area contributed by atoms with Crippen molar-refractivity contribution in [2.24, 2.45) is 0 Å². The Labute approximate surface area is 171 Å². The molecule has 0 spiro atoms. The Morgan fingerprint density at radius 3 is 2.45 bits per heavy atom. The van der Waals surface area contributed by atoms with Gasteiger partial charge in [-0.1, -0.05) is 29.8 Å². The van der Waals surface area contributed by atoms with E-state index >= 15 is 0 Å². The van der Waals surface area contributed by atoms with Crippen LogP contribution in [0.15, 0.2) is 42.0 Å². The van der Waals surface area contributed by atoms with Crippen molar-refractivity contribution in [3.63, 3.8) is 0 Å². The molecule has 3 rings (SSSR count). The lowest BCUT2D eigenvalue weighted by Gasteiger charge is -2.32. The van der Waals surface area contributed by atoms with Crippen LogP contribution in [0.25, 0.3) is 5.70 Å². The molecule has 5 nitrogen and oxygen atoms in total. The van der Waals surface area contributed by atoms with Crippen LogP contribution in [0.3, 0.4) is 0 Å². The van der Waals surface area contributed by atoms with Gasteiger partial charge in [0.25, 0.3) is 5.78 Å². The van der Waals surface area contributed by atoms with Crippen molar-refractivity contribution in [1.82, 2.24) is 10.6 Å². The van der Waals surface area contributed by atoms with Crippen molar-refractivity contribution in [3.05, 3.63) is 75.9 Å². The van der Waals surface area contributed by atoms with Crippen LogP contribution in [0.1, 0.15) is 28.3 Å². The number of carbonyl (C=O) groups excluding carboxylic acids is 2. The predicted molar refractivity (Wildman–Crippen MR) is 108 cm³/mol. The number of halogens is 2. The van der Waals surface area contributed by atoms with Gasteiger partial charge < -0.3 is 15.4 Å². The number of hydrogen-bond acceptors (Lipinski definition) is 4. The molecule has 0 fully saturated rings. The summed E-state index contributed by atoms with van der Waals surface area (Å²) >= 11 is 5.25. The fourth-order valence-electron chi connectivity index (χ4n) is 3.29. The van der Waals surface area contributed by atoms with Gasteiger partial charge in [-0.3, -0.25) is 4.79 Å². The van der Waals surface area contributed by atoms with Gasteiger partial charge in [0.2, 0.25) is 0 Å². The fraction of sp³-hybridized carbons (Fsp3) is 0.190. The van der Waals surface area contributed by atoms with Gasteiger partial charge in [-0.05, 0) is 37.7 Å². The first-order valence-electron chi connectivity index (χ1n) is 8.69. The first-order valence-corrected chi connectivity index (χ1v) is 9.10. The summed E-state index contributed by atoms with van der Waals surface area (Å²) in [4.78, 5) is 25.0. The SMILES string of the molecule is COC(=O)C(=O)C1=C(c2ccc(C)cc2C)NC(=S)N[C@H]1c1ccc(F)cc1F. The number of esters is 1. The average Bonchev–Trinajstić information content (AvgIpc) is 2.66. The van der Waals surface area contributed by atoms with E-state index in [4.69, 9.17) is 12.2 Å². The molecule has 0 amide bonds. The fourth-order valence-corrected chi connectivity index (χ4v) is 3.51. The average molecular weight is 416 g/mol. The number of aryl methyl sites for hydroxylation is 2. The largest absolute Gasteiger partial charge is 0.463 e. The molecule has 1 atom stereocenters. The van der Waals surface area contributed by atoms with Crippen molar-refractivity contribution < 1.29 is 23.1 Å². The summed E-state index contributed by atoms with van der Waals surface area (Å²) in [5.41, 5.74) is 2.64. The molecular formula is C21H18F2N2O3S. The molecule has 150 valence electrons. The number of Topliss-reactive ketones (excluding diaryl/α,β-unsaturated/α-hetero) is 1. The molecule has 0 unspecified atom stereocenters. The molecule has 2 aromatic carbocycles. The van der Waals surface area contributed by atoms with Gasteiger partial charge in [0, 0.05) is 17.2 Å². The third kappa shape index (κ3) is 4.02. The van der Waals surface area contributed by atoms with Gasteiger partial charge >= 0.3 is 5.97 Å². The highest BCUT2D eigenvalue weighted by molar-refractivity contribution is 7.80. The van der Waals surface area contributed by atoms with E-state index < -0.39 is 29.4 Å². The van der Waals surface area contributed by atoms with E-state index in [0.29, 0.717) is 11.6 Å². The highest BCUT2D eigenvalue weighted by atomic mass is 32.1. The molecule has 0 radical (unpaired) electrons. The monoisotopic (exact) mass is 416 g/mol. The third-order valence-electron chi connectivity index (χ3n) is 4.61. The van der Waals surface area contributed by atoms with Crippen molar-refractivity contribution in [2.45, 2.75) is 19.9 Å². The maximum absolute atomic E-state index is 14.5. The summed E-state index contributed by atoms with van der Waals surface area (Å²) in [5, 5.41) is 5.85. The molecular weight excluding hydrogens is 398 g/mol. The van der Waals surface area contributed by atoms with Gasteiger partial charge in [0.1, 0.15) is 11.6 Å². The molecule has 2 aromatic rings. The Hall–Kier alpha value is -3.13. The van der Waals surface area contributed by atoms with Crippen LogP contribution in [0, 0.1) is 25.5 Å². The number of rotatable bonds is 4. The van der Waals surface area contributed by atoms with E-state index in [9.17, 15) is 18.4 Å². The van der Waals surface area contributed by atoms with Crippen LogP contribution in [0.2, 0.25) is 0 Å². The second-order valence-corrected chi connectivity index (χ2v) is 7.03. The molecule has 0 aromatic heterocycles. The molecule has 0 bridgehead atoms. The van der Waals surface area contributed by atoms with Gasteiger partial charge in [-0.25, -0.2) is 13.6 Å². The van der Waals surface area contributed by atoms with Crippen LogP contribution in [-0.2, 0) is 14.3 Å². The lowest BCUT2D eigenvalue weighted by atomic mass is 9.88. The summed E-state index contributed by atoms with van der Waals surface area (Å²) in [7, 11) is 1.08. The summed E-state index contributed by atoms with van der Waals surface area (Å²) < 4.78 is 32.6. The maximum atomic E-state index is 14.5. The number of carbonyl (C=O) groups is 2. The quantitative estimate of drug-likeness (QED) is 0.453. The molecule has 2 N–H and O–H groups in total. The normalized spacial score (nSPS) is 16.2. The standard InChI is InChI=1S/C21H18F2N2O3S/c1-10-4-6-13(11(2)8-10)17-16(19(26)20(27)28-3)18(25-21(29)24-17)14-7-5-12(22)9-15(14)23/h4-9,18H,1-3H3,(H2,24,25,29)/t18-/m0/s1. The van der Waals surface area contributed by atoms with Crippen LogP contribution < -0.4 is 10.6 Å². The zero-order chi connectivity index (χ0) is 21.3. The minimum absolute atomic E-state index is 0.0234. The Morgan fingerprint density at radius 1 is 1.10 bits per heavy atom. The molecule has 0 aliphatic carbocycles. The van der Waals surface area contributed by atoms with E-state index in [1.54, 1.807) is 6.07 Å². The van der Waals surface area contributed by atoms with E-state index in [2.05, 4.69) is 15.4 Å². The first-order chi connectivity index (χ1) is 13.7. The first kappa shape index (κ1) is 20.6. The maximum Gasteiger partial charge on any atom is 0.379 e. The second kappa shape index (κ2) is 8.08. The lowest BCUT2D eigenvalue weighted by Crippen LogP contribution is -2.46. The molecule has 29 heavy (non-hydrogen) atoms. The Bertz CT molecular complexity index is 1070. The van der Waals surface area contributed by atoms with Crippen molar-refractivity contribution in [3.8, 4) is 0 Å². The zero-order valence-electron chi connectivity index (χ0n) is 15.9. The summed E-state index contributed by atoms with van der Waals surface area (Å²) in [5.74, 6) is -3.70. The molecule has 1 heterocycles. The minimum atomic E-state index is -1.11. The lowest BCUT2D eigenvalue weighted by molar-refractivity contribution is -0.150. The van der Waals surface area contributed by atoms with Gasteiger partial charge in [-0.2, -0.15) is 0 Å². The summed E-state index contributed by atoms with van der Waals surface area (Å²) in [6.07, 6.45) is 0. The number of ether oxygens (including phenoxy) is 1. The van der Waals surface area contributed by atoms with Crippen LogP contribution in [0.5, 0.6) is 0 Å². The number of hydrogen-bond donors (Lipinski definition) is 2. The van der Waals surface area contributed by atoms with E-state index in [0.717, 1.165) is 24.3 Å². The molecule has 0 saturated heterocycles. The van der Waals surface area contributed by atoms with Crippen LogP contribution in [-0.4, -0.2) is 24.0 Å². The zero-order valence-corrected chi connectivity index (χ0v) is 16.7. The summed E-state index contributed by atoms with van der Waals surface area (Å²) in [6, 6.07) is 7.41. The molecule has 8 heteroatoms. The number of benzene rings is 2. The van der Waals surface area contributed by atoms with E-state index in [1.807, 2.05) is 26.0 Å². The van der Waals surface area contributed by atoms with E-state index in [-0.39, 0.29) is 21.9 Å². The van der Waals surface area contributed by atoms with Crippen molar-refractivity contribution in [2.75, 3.05) is 7.11 Å². The minimum Gasteiger partial charge on any atom is -0.463 e. The highest BCUT2D eigenvalue weighted by Gasteiger charge is 2.37. The predicted octanol–water partition coefficient (Wildman–Crippen LogP) is 3.25. The Balaban J connectivity index is 2.30. The van der Waals surface area contributed by atoms with Crippen molar-refractivity contribution >= 4 is 34.8 Å². The molecule has 0 saturated carbocycles. The molecule has 1 aliphatic rings. The van der Waals surface area contributed by atoms with Crippen molar-refractivity contribution in [1.29, 1.82) is 0 Å².